The Morgan fingerprint density at radius 1 is 1.03 bits per heavy atom. The van der Waals surface area contributed by atoms with E-state index in [9.17, 15) is 27.9 Å². The molecule has 8 rings (SSSR count). The molecule has 3 aromatic rings. The van der Waals surface area contributed by atoms with Gasteiger partial charge in [0.15, 0.2) is 11.4 Å². The fourth-order valence-electron chi connectivity index (χ4n) is 10.1. The molecule has 2 aliphatic carbocycles. The van der Waals surface area contributed by atoms with E-state index in [0.29, 0.717) is 48.4 Å². The summed E-state index contributed by atoms with van der Waals surface area (Å²) in [7, 11) is -4.16. The van der Waals surface area contributed by atoms with Crippen LogP contribution in [0.25, 0.3) is 22.8 Å². The van der Waals surface area contributed by atoms with E-state index in [2.05, 4.69) is 20.0 Å². The molecular weight excluding hydrogens is 936 g/mol. The minimum absolute atomic E-state index is 0.0265. The molecule has 17 nitrogen and oxygen atoms in total. The lowest BCUT2D eigenvalue weighted by Crippen LogP contribution is -2.71. The van der Waals surface area contributed by atoms with Gasteiger partial charge < -0.3 is 29.5 Å². The van der Waals surface area contributed by atoms with E-state index in [4.69, 9.17) is 19.2 Å². The Morgan fingerprint density at radius 3 is 2.36 bits per heavy atom. The Labute approximate surface area is 405 Å². The summed E-state index contributed by atoms with van der Waals surface area (Å²) in [6.45, 7) is 7.24. The number of hydrogen-bond donors (Lipinski definition) is 3. The molecule has 2 aromatic heterocycles. The highest BCUT2D eigenvalue weighted by Crippen LogP contribution is 2.49. The van der Waals surface area contributed by atoms with Crippen molar-refractivity contribution in [2.75, 3.05) is 19.8 Å². The summed E-state index contributed by atoms with van der Waals surface area (Å²) in [4.78, 5) is 73.0. The molecule has 0 bridgehead atoms. The second kappa shape index (κ2) is 19.4. The minimum Gasteiger partial charge on any atom is -0.491 e. The van der Waals surface area contributed by atoms with Crippen LogP contribution in [0.5, 0.6) is 11.5 Å². The lowest BCUT2D eigenvalue weighted by Gasteiger charge is -2.50. The fourth-order valence-corrected chi connectivity index (χ4v) is 11.4. The van der Waals surface area contributed by atoms with Crippen LogP contribution in [-0.2, 0) is 29.1 Å². The number of carboxylic acid groups (broad SMARTS) is 1. The molecule has 1 aromatic carbocycles. The van der Waals surface area contributed by atoms with Crippen molar-refractivity contribution in [2.45, 2.75) is 139 Å². The van der Waals surface area contributed by atoms with Crippen molar-refractivity contribution < 1.29 is 60.1 Å². The molecule has 4 amide bonds. The molecular formula is C49H60F3N7O10S. The Kier molecular flexibility index (Phi) is 14.0. The van der Waals surface area contributed by atoms with Crippen LogP contribution in [0.4, 0.5) is 18.0 Å². The molecule has 0 radical (unpaired) electrons. The molecule has 2 saturated carbocycles. The van der Waals surface area contributed by atoms with E-state index in [1.807, 2.05) is 26.8 Å². The summed E-state index contributed by atoms with van der Waals surface area (Å²) in [5, 5.41) is 13.7. The summed E-state index contributed by atoms with van der Waals surface area (Å²) in [5.41, 5.74) is -3.47. The molecule has 3 N–H and O–H groups in total. The highest BCUT2D eigenvalue weighted by molar-refractivity contribution is 7.91. The molecule has 2 saturated heterocycles. The average Bonchev–Trinajstić information content (AvgIpc) is 4.19. The van der Waals surface area contributed by atoms with E-state index in [1.165, 1.54) is 26.2 Å². The molecule has 8 atom stereocenters. The van der Waals surface area contributed by atoms with Crippen LogP contribution in [0.2, 0.25) is 0 Å². The van der Waals surface area contributed by atoms with Gasteiger partial charge in [-0.2, -0.15) is 13.2 Å². The summed E-state index contributed by atoms with van der Waals surface area (Å²) in [5.74, 6) is -3.71. The summed E-state index contributed by atoms with van der Waals surface area (Å²) >= 11 is 0. The van der Waals surface area contributed by atoms with Crippen LogP contribution in [0.3, 0.4) is 0 Å². The Hall–Kier alpha value is -5.83. The third-order valence-corrected chi connectivity index (χ3v) is 16.5. The second-order valence-electron chi connectivity index (χ2n) is 20.1. The van der Waals surface area contributed by atoms with Crippen molar-refractivity contribution in [2.24, 2.45) is 17.8 Å². The van der Waals surface area contributed by atoms with Gasteiger partial charge in [0.05, 0.1) is 29.7 Å². The number of rotatable bonds is 11. The Balaban J connectivity index is 1.21. The van der Waals surface area contributed by atoms with Crippen LogP contribution in [0, 0.1) is 17.8 Å². The number of alkyl halides is 3. The van der Waals surface area contributed by atoms with Crippen LogP contribution in [0.1, 0.15) is 92.4 Å². The van der Waals surface area contributed by atoms with Gasteiger partial charge in [-0.05, 0) is 114 Å². The molecule has 5 aliphatic rings. The zero-order chi connectivity index (χ0) is 50.4. The number of carbonyl (C=O) groups excluding carboxylic acids is 3. The highest BCUT2D eigenvalue weighted by atomic mass is 32.2. The average molecular weight is 996 g/mol. The maximum absolute atomic E-state index is 15.6. The number of fused-ring (bicyclic) bond motifs is 2. The fraction of sp³-hybridized carbons (Fsp3) is 0.571. The molecule has 5 heterocycles. The maximum Gasteiger partial charge on any atom is 0.414 e. The Morgan fingerprint density at radius 2 is 1.73 bits per heavy atom. The van der Waals surface area contributed by atoms with E-state index >= 15 is 18.0 Å². The number of nitrogens with zero attached hydrogens (tertiary/aromatic N) is 5. The molecule has 70 heavy (non-hydrogen) atoms. The monoisotopic (exact) mass is 995 g/mol. The first-order valence-corrected chi connectivity index (χ1v) is 25.3. The lowest BCUT2D eigenvalue weighted by atomic mass is 9.82. The maximum atomic E-state index is 15.6. The summed E-state index contributed by atoms with van der Waals surface area (Å²) in [6.07, 6.45) is -0.949. The first kappa shape index (κ1) is 50.6. The quantitative estimate of drug-likeness (QED) is 0.171. The van der Waals surface area contributed by atoms with Gasteiger partial charge >= 0.3 is 12.3 Å². The van der Waals surface area contributed by atoms with Crippen LogP contribution in [0.15, 0.2) is 67.0 Å². The predicted octanol–water partition coefficient (Wildman–Crippen LogP) is 6.69. The van der Waals surface area contributed by atoms with Gasteiger partial charge in [0.2, 0.25) is 21.8 Å². The van der Waals surface area contributed by atoms with E-state index in [-0.39, 0.29) is 60.8 Å². The van der Waals surface area contributed by atoms with Crippen LogP contribution < -0.4 is 19.5 Å². The standard InChI is InChI=1S/C49H60F3N7O10S/c1-29(2)68-34-14-12-32(13-15-34)37-23-35(24-38(55-37)41-53-19-9-20-54-41)69-36-25-39-42(60)56-48(44(62)57-70(65,66)46(5)17-18-46)26-33(48)11-7-6-10-30(3)22-31(4)40(43(61)58(39)27-36)59(45(63)64)47(49(50,51)52)16-8-21-67-28-47/h7,9,11-15,19-20,23-24,29-31,33,36,39-40H,6,8,10,16-18,21-22,25-28H2,1-5H3,(H,56,60)(H,57,62)(H,63,64)/t30-,31-,33-,36-,39+,40+,47?,48-/m1/s1. The van der Waals surface area contributed by atoms with Crippen LogP contribution in [-0.4, -0.2) is 128 Å². The van der Waals surface area contributed by atoms with Gasteiger partial charge in [0, 0.05) is 49.0 Å². The third kappa shape index (κ3) is 10.2. The molecule has 4 fully saturated rings. The van der Waals surface area contributed by atoms with Gasteiger partial charge in [-0.25, -0.2) is 28.2 Å². The van der Waals surface area contributed by atoms with Crippen molar-refractivity contribution >= 4 is 33.8 Å². The van der Waals surface area contributed by atoms with Crippen molar-refractivity contribution in [3.63, 3.8) is 0 Å². The number of pyridine rings is 1. The largest absolute Gasteiger partial charge is 0.491 e. The smallest absolute Gasteiger partial charge is 0.414 e. The minimum atomic E-state index is -5.17. The number of ether oxygens (including phenoxy) is 3. The first-order valence-electron chi connectivity index (χ1n) is 23.8. The normalized spacial score (nSPS) is 29.1. The second-order valence-corrected chi connectivity index (χ2v) is 22.3. The van der Waals surface area contributed by atoms with Crippen molar-refractivity contribution in [1.82, 2.24) is 34.8 Å². The number of allylic oxidation sites excluding steroid dienone is 1. The van der Waals surface area contributed by atoms with Crippen LogP contribution >= 0.6 is 0 Å². The number of nitrogens with one attached hydrogen (secondary N) is 2. The number of carbonyl (C=O) groups is 4. The van der Waals surface area contributed by atoms with Gasteiger partial charge in [-0.3, -0.25) is 24.0 Å². The predicted molar refractivity (Wildman–Crippen MR) is 248 cm³/mol. The zero-order valence-corrected chi connectivity index (χ0v) is 40.6. The van der Waals surface area contributed by atoms with Crippen molar-refractivity contribution in [3.05, 3.63) is 67.0 Å². The number of aromatic nitrogens is 3. The Bertz CT molecular complexity index is 2590. The van der Waals surface area contributed by atoms with Gasteiger partial charge in [-0.1, -0.05) is 26.0 Å². The van der Waals surface area contributed by atoms with E-state index in [1.54, 1.807) is 48.5 Å². The van der Waals surface area contributed by atoms with Crippen molar-refractivity contribution in [3.8, 4) is 34.3 Å². The molecule has 378 valence electrons. The summed E-state index contributed by atoms with van der Waals surface area (Å²) in [6, 6.07) is 8.52. The zero-order valence-electron chi connectivity index (χ0n) is 39.8. The van der Waals surface area contributed by atoms with E-state index in [0.717, 1.165) is 4.90 Å². The number of amides is 4. The molecule has 1 unspecified atom stereocenters. The lowest BCUT2D eigenvalue weighted by molar-refractivity contribution is -0.260. The topological polar surface area (TPSA) is 220 Å². The van der Waals surface area contributed by atoms with E-state index < -0.39 is 105 Å². The van der Waals surface area contributed by atoms with Crippen molar-refractivity contribution in [1.29, 1.82) is 0 Å². The number of halogens is 3. The molecule has 21 heteroatoms. The number of sulfonamides is 1. The highest BCUT2D eigenvalue weighted by Gasteiger charge is 2.66. The van der Waals surface area contributed by atoms with Gasteiger partial charge in [-0.15, -0.1) is 0 Å². The molecule has 3 aliphatic heterocycles. The number of hydrogen-bond acceptors (Lipinski definition) is 12. The first-order chi connectivity index (χ1) is 33.1. The summed E-state index contributed by atoms with van der Waals surface area (Å²) < 4.78 is 92.3. The van der Waals surface area contributed by atoms with Gasteiger partial charge in [0.1, 0.15) is 40.9 Å². The number of benzene rings is 1. The van der Waals surface area contributed by atoms with Gasteiger partial charge in [0.25, 0.3) is 5.91 Å². The third-order valence-electron chi connectivity index (χ3n) is 14.3. The SMILES string of the molecule is CC(C)Oc1ccc(-c2cc(O[C@@H]3C[C@H]4C(=O)N[C@]5(C(=O)NS(=O)(=O)C6(C)CC6)C[C@H]5C=CCC[C@@H](C)C[C@@H](C)[C@H](N(C(=O)O)C5(C(F)(F)F)CCCOC5)C(=O)N4C3)cc(-c3ncccn3)n2)cc1. The molecule has 0 spiro atoms.